The van der Waals surface area contributed by atoms with Gasteiger partial charge in [0.05, 0.1) is 5.56 Å². The minimum Gasteiger partial charge on any atom is -0.448 e. The first kappa shape index (κ1) is 21.0. The largest absolute Gasteiger partial charge is 0.448 e. The van der Waals surface area contributed by atoms with E-state index in [1.54, 1.807) is 30.3 Å². The number of rotatable bonds is 9. The zero-order valence-electron chi connectivity index (χ0n) is 16.0. The third kappa shape index (κ3) is 6.45. The van der Waals surface area contributed by atoms with Crippen LogP contribution in [0.1, 0.15) is 29.8 Å². The van der Waals surface area contributed by atoms with Gasteiger partial charge in [0, 0.05) is 17.5 Å². The van der Waals surface area contributed by atoms with Gasteiger partial charge in [0.1, 0.15) is 0 Å². The third-order valence-electron chi connectivity index (χ3n) is 4.14. The Balaban J connectivity index is 2.08. The molecule has 7 heteroatoms. The zero-order chi connectivity index (χ0) is 20.4. The summed E-state index contributed by atoms with van der Waals surface area (Å²) in [4.78, 5) is 27.9. The fourth-order valence-electron chi connectivity index (χ4n) is 2.73. The van der Waals surface area contributed by atoms with Crippen molar-refractivity contribution in [3.63, 3.8) is 0 Å². The molecular weight excluding hydrogens is 356 g/mol. The molecule has 2 rings (SSSR count). The van der Waals surface area contributed by atoms with Crippen LogP contribution in [0.15, 0.2) is 65.8 Å². The minimum atomic E-state index is -0.947. The second kappa shape index (κ2) is 10.7. The van der Waals surface area contributed by atoms with Crippen molar-refractivity contribution in [1.82, 2.24) is 5.32 Å². The molecule has 0 spiro atoms. The molecule has 1 amide bonds. The maximum absolute atomic E-state index is 12.8. The van der Waals surface area contributed by atoms with Crippen LogP contribution in [0.2, 0.25) is 0 Å². The first-order chi connectivity index (χ1) is 13.5. The number of benzene rings is 2. The lowest BCUT2D eigenvalue weighted by Gasteiger charge is -2.24. The fraction of sp³-hybridized carbons (Fsp3) is 0.333. The fourth-order valence-corrected chi connectivity index (χ4v) is 2.73. The van der Waals surface area contributed by atoms with Crippen molar-refractivity contribution >= 4 is 11.9 Å². The predicted octanol–water partition coefficient (Wildman–Crippen LogP) is 3.91. The predicted molar refractivity (Wildman–Crippen MR) is 107 cm³/mol. The molecule has 2 atom stereocenters. The lowest BCUT2D eigenvalue weighted by atomic mass is 10.0. The summed E-state index contributed by atoms with van der Waals surface area (Å²) in [5.74, 6) is -1.18. The van der Waals surface area contributed by atoms with Crippen LogP contribution in [0.25, 0.3) is 10.4 Å². The Bertz CT molecular complexity index is 818. The molecule has 0 bridgehead atoms. The second-order valence-corrected chi connectivity index (χ2v) is 6.74. The highest BCUT2D eigenvalue weighted by Gasteiger charge is 2.28. The van der Waals surface area contributed by atoms with Crippen molar-refractivity contribution < 1.29 is 14.3 Å². The number of nitrogens with one attached hydrogen (secondary N) is 1. The highest BCUT2D eigenvalue weighted by atomic mass is 16.5. The third-order valence-corrected chi connectivity index (χ3v) is 4.14. The molecule has 146 valence electrons. The van der Waals surface area contributed by atoms with Gasteiger partial charge < -0.3 is 10.1 Å². The van der Waals surface area contributed by atoms with Crippen LogP contribution in [0, 0.1) is 5.92 Å². The molecule has 1 N–H and O–H groups in total. The van der Waals surface area contributed by atoms with E-state index in [0.717, 1.165) is 5.56 Å². The minimum absolute atomic E-state index is 0.106. The number of carbonyl (C=O) groups is 2. The molecule has 0 heterocycles. The number of nitrogens with zero attached hydrogens (tertiary/aromatic N) is 3. The van der Waals surface area contributed by atoms with Gasteiger partial charge in [0.25, 0.3) is 5.91 Å². The topological polar surface area (TPSA) is 104 Å². The molecule has 2 aromatic carbocycles. The standard InChI is InChI=1S/C21H24N4O3/c1-15(2)19(28-21(27)17-11-7-4-8-12-17)20(26)24-18(14-23-25-22)13-16-9-5-3-6-10-16/h3-12,15,18-19H,13-14H2,1-2H3,(H,24,26)/t18-,19?/m0/s1. The molecule has 7 nitrogen and oxygen atoms in total. The van der Waals surface area contributed by atoms with Crippen LogP contribution in [-0.2, 0) is 16.0 Å². The Labute approximate surface area is 164 Å². The van der Waals surface area contributed by atoms with Gasteiger partial charge in [-0.2, -0.15) is 0 Å². The monoisotopic (exact) mass is 380 g/mol. The number of esters is 1. The number of hydrogen-bond acceptors (Lipinski definition) is 4. The van der Waals surface area contributed by atoms with E-state index in [1.807, 2.05) is 44.2 Å². The maximum Gasteiger partial charge on any atom is 0.338 e. The molecule has 2 aromatic rings. The average Bonchev–Trinajstić information content (AvgIpc) is 2.71. The molecule has 0 aromatic heterocycles. The number of carbonyl (C=O) groups excluding carboxylic acids is 2. The van der Waals surface area contributed by atoms with Crippen LogP contribution in [0.3, 0.4) is 0 Å². The van der Waals surface area contributed by atoms with E-state index in [0.29, 0.717) is 12.0 Å². The van der Waals surface area contributed by atoms with Gasteiger partial charge in [0.15, 0.2) is 6.10 Å². The van der Waals surface area contributed by atoms with Crippen molar-refractivity contribution in [3.8, 4) is 0 Å². The van der Waals surface area contributed by atoms with Crippen molar-refractivity contribution in [2.24, 2.45) is 11.0 Å². The zero-order valence-corrected chi connectivity index (χ0v) is 16.0. The van der Waals surface area contributed by atoms with E-state index in [-0.39, 0.29) is 12.5 Å². The molecule has 0 fully saturated rings. The van der Waals surface area contributed by atoms with E-state index >= 15 is 0 Å². The highest BCUT2D eigenvalue weighted by molar-refractivity contribution is 5.92. The van der Waals surface area contributed by atoms with Crippen molar-refractivity contribution in [2.45, 2.75) is 32.4 Å². The Hall–Kier alpha value is -3.31. The van der Waals surface area contributed by atoms with Crippen LogP contribution in [0.4, 0.5) is 0 Å². The summed E-state index contributed by atoms with van der Waals surface area (Å²) in [6.45, 7) is 3.72. The second-order valence-electron chi connectivity index (χ2n) is 6.74. The van der Waals surface area contributed by atoms with Gasteiger partial charge >= 0.3 is 5.97 Å². The van der Waals surface area contributed by atoms with E-state index in [1.165, 1.54) is 0 Å². The summed E-state index contributed by atoms with van der Waals surface area (Å²) in [7, 11) is 0. The summed E-state index contributed by atoms with van der Waals surface area (Å²) in [5.41, 5.74) is 10.0. The van der Waals surface area contributed by atoms with E-state index in [4.69, 9.17) is 10.3 Å². The quantitative estimate of drug-likeness (QED) is 0.309. The average molecular weight is 380 g/mol. The number of hydrogen-bond donors (Lipinski definition) is 1. The summed E-state index contributed by atoms with van der Waals surface area (Å²) >= 11 is 0. The smallest absolute Gasteiger partial charge is 0.338 e. The van der Waals surface area contributed by atoms with Crippen LogP contribution < -0.4 is 5.32 Å². The van der Waals surface area contributed by atoms with Crippen LogP contribution in [-0.4, -0.2) is 30.6 Å². The summed E-state index contributed by atoms with van der Waals surface area (Å²) < 4.78 is 5.46. The SMILES string of the molecule is CC(C)C(OC(=O)c1ccccc1)C(=O)N[C@H](CN=[N+]=[N-])Cc1ccccc1. The normalized spacial score (nSPS) is 12.5. The molecule has 0 radical (unpaired) electrons. The van der Waals surface area contributed by atoms with Crippen LogP contribution in [0.5, 0.6) is 0 Å². The highest BCUT2D eigenvalue weighted by Crippen LogP contribution is 2.12. The lowest BCUT2D eigenvalue weighted by molar-refractivity contribution is -0.132. The molecular formula is C21H24N4O3. The first-order valence-corrected chi connectivity index (χ1v) is 9.12. The van der Waals surface area contributed by atoms with Gasteiger partial charge in [-0.05, 0) is 35.6 Å². The number of azide groups is 1. The molecule has 0 saturated carbocycles. The van der Waals surface area contributed by atoms with Gasteiger partial charge in [-0.1, -0.05) is 67.5 Å². The lowest BCUT2D eigenvalue weighted by Crippen LogP contribution is -2.47. The molecule has 0 saturated heterocycles. The molecule has 0 aliphatic rings. The molecule has 0 aliphatic carbocycles. The summed E-state index contributed by atoms with van der Waals surface area (Å²) in [6, 6.07) is 17.7. The first-order valence-electron chi connectivity index (χ1n) is 9.12. The maximum atomic E-state index is 12.8. The summed E-state index contributed by atoms with van der Waals surface area (Å²) in [5, 5.41) is 6.45. The Kier molecular flexibility index (Phi) is 8.06. The Morgan fingerprint density at radius 2 is 1.68 bits per heavy atom. The molecule has 0 aliphatic heterocycles. The summed E-state index contributed by atoms with van der Waals surface area (Å²) in [6.07, 6.45) is -0.444. The van der Waals surface area contributed by atoms with E-state index in [2.05, 4.69) is 15.3 Å². The number of ether oxygens (including phenoxy) is 1. The van der Waals surface area contributed by atoms with E-state index in [9.17, 15) is 9.59 Å². The van der Waals surface area contributed by atoms with E-state index < -0.39 is 24.0 Å². The van der Waals surface area contributed by atoms with Gasteiger partial charge in [-0.3, -0.25) is 4.79 Å². The van der Waals surface area contributed by atoms with Crippen LogP contribution >= 0.6 is 0 Å². The molecule has 28 heavy (non-hydrogen) atoms. The van der Waals surface area contributed by atoms with Crippen molar-refractivity contribution in [2.75, 3.05) is 6.54 Å². The van der Waals surface area contributed by atoms with Crippen molar-refractivity contribution in [1.29, 1.82) is 0 Å². The Morgan fingerprint density at radius 3 is 2.25 bits per heavy atom. The number of amides is 1. The molecule has 1 unspecified atom stereocenters. The van der Waals surface area contributed by atoms with Gasteiger partial charge in [0.2, 0.25) is 0 Å². The Morgan fingerprint density at radius 1 is 1.07 bits per heavy atom. The van der Waals surface area contributed by atoms with Gasteiger partial charge in [-0.15, -0.1) is 0 Å². The van der Waals surface area contributed by atoms with Crippen molar-refractivity contribution in [3.05, 3.63) is 82.2 Å². The van der Waals surface area contributed by atoms with Gasteiger partial charge in [-0.25, -0.2) is 4.79 Å².